The molecular weight excluding hydrogens is 292 g/mol. The van der Waals surface area contributed by atoms with Gasteiger partial charge in [-0.2, -0.15) is 0 Å². The number of nitrogens with one attached hydrogen (secondary N) is 1. The number of benzene rings is 1. The summed E-state index contributed by atoms with van der Waals surface area (Å²) in [4.78, 5) is 17.1. The Labute approximate surface area is 125 Å². The lowest BCUT2D eigenvalue weighted by Crippen LogP contribution is -2.75. The number of thiophene rings is 1. The molecule has 6 nitrogen and oxygen atoms in total. The van der Waals surface area contributed by atoms with Crippen molar-refractivity contribution in [2.75, 3.05) is 14.2 Å². The summed E-state index contributed by atoms with van der Waals surface area (Å²) in [5, 5.41) is 4.22. The Hall–Kier alpha value is -2.54. The Morgan fingerprint density at radius 1 is 1.19 bits per heavy atom. The third-order valence-electron chi connectivity index (χ3n) is 2.67. The third kappa shape index (κ3) is 3.51. The smallest absolute Gasteiger partial charge is 0.397 e. The van der Waals surface area contributed by atoms with Crippen molar-refractivity contribution in [1.29, 1.82) is 0 Å². The molecule has 3 N–H and O–H groups in total. The van der Waals surface area contributed by atoms with Crippen LogP contribution >= 0.6 is 11.3 Å². The number of amidine groups is 1. The van der Waals surface area contributed by atoms with E-state index in [1.54, 1.807) is 42.8 Å². The molecule has 21 heavy (non-hydrogen) atoms. The van der Waals surface area contributed by atoms with Crippen LogP contribution < -0.4 is 20.4 Å². The van der Waals surface area contributed by atoms with Crippen LogP contribution in [0.25, 0.3) is 0 Å². The van der Waals surface area contributed by atoms with Crippen molar-refractivity contribution in [2.24, 2.45) is 5.73 Å². The number of hydrogen-bond acceptors (Lipinski definition) is 5. The average Bonchev–Trinajstić information content (AvgIpc) is 3.06. The number of carbonyl (C=O) groups is 1. The van der Waals surface area contributed by atoms with Crippen LogP contribution in [0.3, 0.4) is 0 Å². The summed E-state index contributed by atoms with van der Waals surface area (Å²) >= 11 is 1.29. The zero-order valence-electron chi connectivity index (χ0n) is 11.6. The molecule has 0 atom stereocenters. The van der Waals surface area contributed by atoms with Gasteiger partial charge in [0.05, 0.1) is 19.8 Å². The van der Waals surface area contributed by atoms with Gasteiger partial charge in [0.2, 0.25) is 0 Å². The second-order valence-corrected chi connectivity index (χ2v) is 4.90. The van der Waals surface area contributed by atoms with E-state index in [1.807, 2.05) is 0 Å². The Bertz CT molecular complexity index is 653. The van der Waals surface area contributed by atoms with E-state index in [1.165, 1.54) is 18.4 Å². The molecule has 2 rings (SSSR count). The van der Waals surface area contributed by atoms with Crippen molar-refractivity contribution >= 4 is 23.1 Å². The number of methoxy groups -OCH3 is 2. The molecule has 0 spiro atoms. The van der Waals surface area contributed by atoms with Gasteiger partial charge in [0.15, 0.2) is 11.5 Å². The summed E-state index contributed by atoms with van der Waals surface area (Å²) in [7, 11) is 3.08. The van der Waals surface area contributed by atoms with Crippen molar-refractivity contribution in [3.8, 4) is 11.5 Å². The van der Waals surface area contributed by atoms with Gasteiger partial charge in [-0.25, -0.2) is 4.79 Å². The predicted octanol–water partition coefficient (Wildman–Crippen LogP) is 0.323. The zero-order valence-corrected chi connectivity index (χ0v) is 12.4. The van der Waals surface area contributed by atoms with E-state index in [4.69, 9.17) is 20.0 Å². The fourth-order valence-electron chi connectivity index (χ4n) is 1.61. The van der Waals surface area contributed by atoms with Crippen molar-refractivity contribution < 1.29 is 24.3 Å². The fraction of sp³-hybridized carbons (Fsp3) is 0.143. The lowest BCUT2D eigenvalue weighted by Gasteiger charge is -2.07. The van der Waals surface area contributed by atoms with E-state index in [9.17, 15) is 4.79 Å². The number of hydrogen-bond donors (Lipinski definition) is 2. The van der Waals surface area contributed by atoms with Gasteiger partial charge in [0.1, 0.15) is 4.88 Å². The molecule has 1 heterocycles. The SMILES string of the molecule is COc1ccc(C(N)=[NH+]OC(=O)c2cccs2)cc1OC. The first-order valence-corrected chi connectivity index (χ1v) is 6.89. The molecular formula is C14H15N2O4S+. The van der Waals surface area contributed by atoms with Crippen LogP contribution in [-0.2, 0) is 4.84 Å². The number of nitrogens with two attached hydrogens (primary N) is 1. The Kier molecular flexibility index (Phi) is 4.78. The molecule has 1 aromatic heterocycles. The molecule has 0 aliphatic rings. The van der Waals surface area contributed by atoms with Crippen LogP contribution in [0.1, 0.15) is 15.2 Å². The summed E-state index contributed by atoms with van der Waals surface area (Å²) in [5.41, 5.74) is 6.46. The molecule has 0 aliphatic heterocycles. The van der Waals surface area contributed by atoms with Crippen LogP contribution in [-0.4, -0.2) is 26.0 Å². The molecule has 7 heteroatoms. The highest BCUT2D eigenvalue weighted by Crippen LogP contribution is 2.26. The van der Waals surface area contributed by atoms with E-state index < -0.39 is 5.97 Å². The summed E-state index contributed by atoms with van der Waals surface area (Å²) in [6.45, 7) is 0. The second-order valence-electron chi connectivity index (χ2n) is 3.95. The molecule has 0 radical (unpaired) electrons. The molecule has 0 saturated carbocycles. The highest BCUT2D eigenvalue weighted by molar-refractivity contribution is 7.11. The van der Waals surface area contributed by atoms with E-state index >= 15 is 0 Å². The van der Waals surface area contributed by atoms with Gasteiger partial charge in [0.25, 0.3) is 0 Å². The molecule has 0 unspecified atom stereocenters. The van der Waals surface area contributed by atoms with Gasteiger partial charge in [-0.1, -0.05) is 11.2 Å². The van der Waals surface area contributed by atoms with E-state index in [2.05, 4.69) is 5.16 Å². The molecule has 110 valence electrons. The van der Waals surface area contributed by atoms with Gasteiger partial charge < -0.3 is 9.47 Å². The van der Waals surface area contributed by atoms with Crippen molar-refractivity contribution in [3.05, 3.63) is 46.2 Å². The third-order valence-corrected chi connectivity index (χ3v) is 3.52. The van der Waals surface area contributed by atoms with Crippen LogP contribution in [0.4, 0.5) is 0 Å². The summed E-state index contributed by atoms with van der Waals surface area (Å²) < 4.78 is 10.3. The number of nitrogen functional groups attached to an aromatic ring is 1. The molecule has 1 aromatic carbocycles. The average molecular weight is 307 g/mol. The maximum Gasteiger partial charge on any atom is 0.397 e. The topological polar surface area (TPSA) is 84.8 Å². The van der Waals surface area contributed by atoms with Gasteiger partial charge in [0, 0.05) is 0 Å². The number of carbonyl (C=O) groups excluding carboxylic acids is 1. The molecule has 0 bridgehead atoms. The quantitative estimate of drug-likeness (QED) is 0.360. The Morgan fingerprint density at radius 3 is 2.57 bits per heavy atom. The van der Waals surface area contributed by atoms with E-state index in [-0.39, 0.29) is 5.84 Å². The van der Waals surface area contributed by atoms with Crippen LogP contribution in [0.2, 0.25) is 0 Å². The molecule has 0 amide bonds. The highest BCUT2D eigenvalue weighted by atomic mass is 32.1. The largest absolute Gasteiger partial charge is 0.493 e. The molecule has 0 fully saturated rings. The van der Waals surface area contributed by atoms with Crippen LogP contribution in [0.5, 0.6) is 11.5 Å². The first-order chi connectivity index (χ1) is 10.2. The Morgan fingerprint density at radius 2 is 1.95 bits per heavy atom. The Balaban J connectivity index is 2.14. The van der Waals surface area contributed by atoms with Gasteiger partial charge >= 0.3 is 11.8 Å². The molecule has 0 aliphatic carbocycles. The lowest BCUT2D eigenvalue weighted by molar-refractivity contribution is -0.721. The zero-order chi connectivity index (χ0) is 15.2. The van der Waals surface area contributed by atoms with Crippen molar-refractivity contribution in [1.82, 2.24) is 0 Å². The molecule has 0 saturated heterocycles. The summed E-state index contributed by atoms with van der Waals surface area (Å²) in [6.07, 6.45) is 0. The maximum absolute atomic E-state index is 11.7. The minimum absolute atomic E-state index is 0.195. The van der Waals surface area contributed by atoms with Crippen LogP contribution in [0, 0.1) is 0 Å². The van der Waals surface area contributed by atoms with Gasteiger partial charge in [-0.15, -0.1) is 11.3 Å². The minimum atomic E-state index is -0.492. The maximum atomic E-state index is 11.7. The first kappa shape index (κ1) is 14.9. The van der Waals surface area contributed by atoms with Crippen molar-refractivity contribution in [2.45, 2.75) is 0 Å². The van der Waals surface area contributed by atoms with E-state index in [0.29, 0.717) is 21.9 Å². The number of rotatable bonds is 5. The fourth-order valence-corrected chi connectivity index (χ4v) is 2.21. The second kappa shape index (κ2) is 6.76. The standard InChI is InChI=1S/C14H14N2O4S/c1-18-10-6-5-9(8-11(10)19-2)13(15)16-20-14(17)12-4-3-7-21-12/h3-8H,1-2H3,(H2,15,16)/p+1. The molecule has 2 aromatic rings. The first-order valence-electron chi connectivity index (χ1n) is 6.01. The van der Waals surface area contributed by atoms with Crippen LogP contribution in [0.15, 0.2) is 35.7 Å². The minimum Gasteiger partial charge on any atom is -0.493 e. The van der Waals surface area contributed by atoms with Gasteiger partial charge in [-0.05, 0) is 29.6 Å². The predicted molar refractivity (Wildman–Crippen MR) is 78.5 cm³/mol. The lowest BCUT2D eigenvalue weighted by atomic mass is 10.2. The summed E-state index contributed by atoms with van der Waals surface area (Å²) in [6, 6.07) is 8.55. The van der Waals surface area contributed by atoms with E-state index in [0.717, 1.165) is 0 Å². The number of ether oxygens (including phenoxy) is 2. The normalized spacial score (nSPS) is 11.0. The summed E-state index contributed by atoms with van der Waals surface area (Å²) in [5.74, 6) is 0.822. The van der Waals surface area contributed by atoms with Crippen molar-refractivity contribution in [3.63, 3.8) is 0 Å². The van der Waals surface area contributed by atoms with Gasteiger partial charge in [-0.3, -0.25) is 10.6 Å². The highest BCUT2D eigenvalue weighted by Gasteiger charge is 2.13. The monoisotopic (exact) mass is 307 g/mol.